The topological polar surface area (TPSA) is 70.1 Å². The van der Waals surface area contributed by atoms with E-state index in [1.807, 2.05) is 24.4 Å². The summed E-state index contributed by atoms with van der Waals surface area (Å²) in [6, 6.07) is 10.1. The molecule has 1 N–H and O–H groups in total. The fourth-order valence-electron chi connectivity index (χ4n) is 3.67. The van der Waals surface area contributed by atoms with Crippen molar-refractivity contribution >= 4 is 28.8 Å². The molecule has 1 fully saturated rings. The highest BCUT2D eigenvalue weighted by Gasteiger charge is 2.46. The molecule has 0 radical (unpaired) electrons. The summed E-state index contributed by atoms with van der Waals surface area (Å²) >= 11 is 1.47. The van der Waals surface area contributed by atoms with Crippen molar-refractivity contribution in [2.24, 2.45) is 0 Å². The van der Waals surface area contributed by atoms with E-state index in [2.05, 4.69) is 18.7 Å². The number of aliphatic hydroxyl groups is 1. The first-order valence-electron chi connectivity index (χ1n) is 10.3. The van der Waals surface area contributed by atoms with Crippen LogP contribution >= 0.6 is 11.3 Å². The van der Waals surface area contributed by atoms with E-state index in [1.54, 1.807) is 29.2 Å². The molecular formula is C23H28N2O4S. The van der Waals surface area contributed by atoms with Gasteiger partial charge in [0.05, 0.1) is 18.2 Å². The number of ketones is 1. The number of nitrogens with zero attached hydrogens (tertiary/aromatic N) is 2. The van der Waals surface area contributed by atoms with Crippen LogP contribution in [0.1, 0.15) is 37.3 Å². The summed E-state index contributed by atoms with van der Waals surface area (Å²) in [5.74, 6) is -0.670. The van der Waals surface area contributed by atoms with Crippen molar-refractivity contribution in [2.45, 2.75) is 26.8 Å². The molecule has 0 spiro atoms. The van der Waals surface area contributed by atoms with Crippen molar-refractivity contribution in [2.75, 3.05) is 32.8 Å². The molecule has 6 nitrogen and oxygen atoms in total. The van der Waals surface area contributed by atoms with Crippen molar-refractivity contribution in [3.8, 4) is 5.75 Å². The van der Waals surface area contributed by atoms with Gasteiger partial charge in [-0.25, -0.2) is 0 Å². The quantitative estimate of drug-likeness (QED) is 0.373. The minimum atomic E-state index is -0.640. The minimum absolute atomic E-state index is 0.145. The molecule has 3 rings (SSSR count). The number of carbonyl (C=O) groups excluding carboxylic acids is 2. The number of aliphatic hydroxyl groups excluding tert-OH is 1. The first kappa shape index (κ1) is 22.1. The molecule has 2 heterocycles. The third-order valence-electron chi connectivity index (χ3n) is 5.34. The largest absolute Gasteiger partial charge is 0.507 e. The molecule has 1 aromatic heterocycles. The fraction of sp³-hybridized carbons (Fsp3) is 0.391. The standard InChI is InChI=1S/C23H28N2O4S/c1-4-24(5-2)13-14-25-20(18-8-7-15-30-18)19(22(27)23(25)28)21(26)16-9-11-17(12-10-16)29-6-3/h7-12,15,20,26H,4-6,13-14H2,1-3H3/b21-19+/t20-/m0/s1. The van der Waals surface area contributed by atoms with Crippen LogP contribution in [-0.4, -0.2) is 59.4 Å². The summed E-state index contributed by atoms with van der Waals surface area (Å²) in [7, 11) is 0. The van der Waals surface area contributed by atoms with E-state index < -0.39 is 17.7 Å². The van der Waals surface area contributed by atoms with E-state index in [4.69, 9.17) is 4.74 Å². The Bertz CT molecular complexity index is 902. The molecule has 1 atom stereocenters. The summed E-state index contributed by atoms with van der Waals surface area (Å²) in [6.45, 7) is 9.42. The van der Waals surface area contributed by atoms with Crippen molar-refractivity contribution in [1.82, 2.24) is 9.80 Å². The van der Waals surface area contributed by atoms with Crippen molar-refractivity contribution in [3.63, 3.8) is 0 Å². The van der Waals surface area contributed by atoms with Gasteiger partial charge in [-0.3, -0.25) is 9.59 Å². The first-order valence-corrected chi connectivity index (χ1v) is 11.2. The van der Waals surface area contributed by atoms with Crippen LogP contribution in [0.4, 0.5) is 0 Å². The van der Waals surface area contributed by atoms with Gasteiger partial charge in [-0.15, -0.1) is 11.3 Å². The molecule has 0 aliphatic carbocycles. The predicted molar refractivity (Wildman–Crippen MR) is 119 cm³/mol. The molecule has 0 saturated carbocycles. The van der Waals surface area contributed by atoms with Gasteiger partial charge in [0.2, 0.25) is 0 Å². The Morgan fingerprint density at radius 2 is 1.83 bits per heavy atom. The molecule has 1 amide bonds. The summed E-state index contributed by atoms with van der Waals surface area (Å²) in [4.78, 5) is 30.5. The number of benzene rings is 1. The lowest BCUT2D eigenvalue weighted by Gasteiger charge is -2.27. The third kappa shape index (κ3) is 4.42. The highest BCUT2D eigenvalue weighted by Crippen LogP contribution is 2.41. The normalized spacial score (nSPS) is 18.4. The molecule has 2 aromatic rings. The molecule has 1 aliphatic rings. The Balaban J connectivity index is 1.99. The fourth-order valence-corrected chi connectivity index (χ4v) is 4.52. The van der Waals surface area contributed by atoms with E-state index in [-0.39, 0.29) is 11.3 Å². The highest BCUT2D eigenvalue weighted by molar-refractivity contribution is 7.10. The van der Waals surface area contributed by atoms with Gasteiger partial charge in [-0.05, 0) is 55.7 Å². The monoisotopic (exact) mass is 428 g/mol. The summed E-state index contributed by atoms with van der Waals surface area (Å²) in [5, 5.41) is 12.9. The Morgan fingerprint density at radius 1 is 1.13 bits per heavy atom. The first-order chi connectivity index (χ1) is 14.5. The van der Waals surface area contributed by atoms with Crippen LogP contribution in [0.2, 0.25) is 0 Å². The lowest BCUT2D eigenvalue weighted by molar-refractivity contribution is -0.140. The van der Waals surface area contributed by atoms with Crippen LogP contribution < -0.4 is 4.74 Å². The van der Waals surface area contributed by atoms with Crippen molar-refractivity contribution < 1.29 is 19.4 Å². The van der Waals surface area contributed by atoms with E-state index in [0.717, 1.165) is 18.0 Å². The highest BCUT2D eigenvalue weighted by atomic mass is 32.1. The second-order valence-electron chi connectivity index (χ2n) is 6.99. The van der Waals surface area contributed by atoms with Gasteiger partial charge in [0.15, 0.2) is 0 Å². The van der Waals surface area contributed by atoms with E-state index >= 15 is 0 Å². The number of rotatable bonds is 9. The van der Waals surface area contributed by atoms with Crippen LogP contribution in [-0.2, 0) is 9.59 Å². The number of hydrogen-bond donors (Lipinski definition) is 1. The van der Waals surface area contributed by atoms with E-state index in [0.29, 0.717) is 31.0 Å². The SMILES string of the molecule is CCOc1ccc(/C(O)=C2\C(=O)C(=O)N(CCN(CC)CC)[C@H]2c2cccs2)cc1. The van der Waals surface area contributed by atoms with Gasteiger partial charge in [-0.2, -0.15) is 0 Å². The second-order valence-corrected chi connectivity index (χ2v) is 7.97. The van der Waals surface area contributed by atoms with Crippen LogP contribution in [0.25, 0.3) is 5.76 Å². The number of hydrogen-bond acceptors (Lipinski definition) is 6. The Labute approximate surface area is 181 Å². The number of likely N-dealkylation sites (N-methyl/N-ethyl adjacent to an activating group) is 1. The zero-order valence-corrected chi connectivity index (χ0v) is 18.4. The lowest BCUT2D eigenvalue weighted by Crippen LogP contribution is -2.37. The average molecular weight is 429 g/mol. The summed E-state index contributed by atoms with van der Waals surface area (Å²) in [5.41, 5.74) is 0.632. The van der Waals surface area contributed by atoms with Gasteiger partial charge in [0.25, 0.3) is 11.7 Å². The minimum Gasteiger partial charge on any atom is -0.507 e. The number of likely N-dealkylation sites (tertiary alicyclic amines) is 1. The van der Waals surface area contributed by atoms with Gasteiger partial charge in [0, 0.05) is 23.5 Å². The van der Waals surface area contributed by atoms with Gasteiger partial charge < -0.3 is 19.6 Å². The molecule has 160 valence electrons. The molecule has 1 saturated heterocycles. The molecule has 30 heavy (non-hydrogen) atoms. The molecule has 0 bridgehead atoms. The van der Waals surface area contributed by atoms with Crippen LogP contribution in [0.15, 0.2) is 47.4 Å². The predicted octanol–water partition coefficient (Wildman–Crippen LogP) is 3.91. The van der Waals surface area contributed by atoms with Crippen molar-refractivity contribution in [1.29, 1.82) is 0 Å². The van der Waals surface area contributed by atoms with Crippen LogP contribution in [0.5, 0.6) is 5.75 Å². The molecule has 0 unspecified atom stereocenters. The van der Waals surface area contributed by atoms with Crippen molar-refractivity contribution in [3.05, 3.63) is 57.8 Å². The van der Waals surface area contributed by atoms with Gasteiger partial charge in [-0.1, -0.05) is 19.9 Å². The smallest absolute Gasteiger partial charge is 0.295 e. The Morgan fingerprint density at radius 3 is 2.40 bits per heavy atom. The molecular weight excluding hydrogens is 400 g/mol. The van der Waals surface area contributed by atoms with E-state index in [9.17, 15) is 14.7 Å². The summed E-state index contributed by atoms with van der Waals surface area (Å²) in [6.07, 6.45) is 0. The molecule has 1 aliphatic heterocycles. The zero-order valence-electron chi connectivity index (χ0n) is 17.6. The molecule has 7 heteroatoms. The van der Waals surface area contributed by atoms with E-state index in [1.165, 1.54) is 11.3 Å². The number of thiophene rings is 1. The third-order valence-corrected chi connectivity index (χ3v) is 6.27. The van der Waals surface area contributed by atoms with Crippen LogP contribution in [0, 0.1) is 0 Å². The second kappa shape index (κ2) is 9.91. The number of amides is 1. The number of ether oxygens (including phenoxy) is 1. The number of Topliss-reactive ketones (excluding diaryl/α,β-unsaturated/α-hetero) is 1. The zero-order chi connectivity index (χ0) is 21.7. The molecule has 1 aromatic carbocycles. The average Bonchev–Trinajstić information content (AvgIpc) is 3.37. The summed E-state index contributed by atoms with van der Waals surface area (Å²) < 4.78 is 5.45. The van der Waals surface area contributed by atoms with Crippen LogP contribution in [0.3, 0.4) is 0 Å². The van der Waals surface area contributed by atoms with Gasteiger partial charge >= 0.3 is 0 Å². The Kier molecular flexibility index (Phi) is 7.29. The lowest BCUT2D eigenvalue weighted by atomic mass is 10.00. The van der Waals surface area contributed by atoms with Gasteiger partial charge in [0.1, 0.15) is 11.5 Å². The Hall–Kier alpha value is -2.64. The number of carbonyl (C=O) groups is 2. The maximum absolute atomic E-state index is 12.9. The maximum atomic E-state index is 12.9. The maximum Gasteiger partial charge on any atom is 0.295 e.